The van der Waals surface area contributed by atoms with Crippen LogP contribution in [-0.4, -0.2) is 17.0 Å². The van der Waals surface area contributed by atoms with Crippen molar-refractivity contribution >= 4 is 29.2 Å². The zero-order valence-corrected chi connectivity index (χ0v) is 12.4. The average molecular weight is 296 g/mol. The van der Waals surface area contributed by atoms with Gasteiger partial charge in [-0.05, 0) is 18.6 Å². The van der Waals surface area contributed by atoms with E-state index in [0.29, 0.717) is 18.4 Å². The van der Waals surface area contributed by atoms with Crippen LogP contribution in [0.25, 0.3) is 0 Å². The number of nitrogens with zero attached hydrogens (tertiary/aromatic N) is 3. The van der Waals surface area contributed by atoms with Crippen molar-refractivity contribution in [3.63, 3.8) is 0 Å². The van der Waals surface area contributed by atoms with Crippen LogP contribution >= 0.6 is 23.2 Å². The van der Waals surface area contributed by atoms with Crippen molar-refractivity contribution in [2.45, 2.75) is 19.3 Å². The maximum Gasteiger partial charge on any atom is 0.225 e. The minimum Gasteiger partial charge on any atom is -0.339 e. The van der Waals surface area contributed by atoms with Gasteiger partial charge in [-0.2, -0.15) is 0 Å². The molecule has 0 spiro atoms. The van der Waals surface area contributed by atoms with Gasteiger partial charge in [0, 0.05) is 36.1 Å². The van der Waals surface area contributed by atoms with Crippen LogP contribution in [0.4, 0.5) is 5.95 Å². The molecule has 100 valence electrons. The highest BCUT2D eigenvalue weighted by Gasteiger charge is 2.09. The van der Waals surface area contributed by atoms with Crippen LogP contribution < -0.4 is 4.90 Å². The van der Waals surface area contributed by atoms with Crippen molar-refractivity contribution < 1.29 is 0 Å². The maximum absolute atomic E-state index is 6.15. The van der Waals surface area contributed by atoms with E-state index in [1.807, 2.05) is 43.1 Å². The van der Waals surface area contributed by atoms with Crippen molar-refractivity contribution in [2.24, 2.45) is 0 Å². The van der Waals surface area contributed by atoms with Gasteiger partial charge in [0.2, 0.25) is 5.95 Å². The van der Waals surface area contributed by atoms with E-state index in [4.69, 9.17) is 23.2 Å². The second-order valence-corrected chi connectivity index (χ2v) is 5.04. The second kappa shape index (κ2) is 6.22. The molecule has 5 heteroatoms. The van der Waals surface area contributed by atoms with Crippen LogP contribution in [0.5, 0.6) is 0 Å². The summed E-state index contributed by atoms with van der Waals surface area (Å²) in [6, 6.07) is 7.77. The van der Waals surface area contributed by atoms with Gasteiger partial charge in [-0.3, -0.25) is 0 Å². The first-order chi connectivity index (χ1) is 9.11. The Hall–Kier alpha value is -1.32. The van der Waals surface area contributed by atoms with Crippen LogP contribution in [0.2, 0.25) is 5.02 Å². The maximum atomic E-state index is 6.15. The van der Waals surface area contributed by atoms with Gasteiger partial charge in [-0.15, -0.1) is 11.6 Å². The summed E-state index contributed by atoms with van der Waals surface area (Å²) in [7, 11) is 1.94. The number of alkyl halides is 1. The van der Waals surface area contributed by atoms with Gasteiger partial charge < -0.3 is 4.90 Å². The van der Waals surface area contributed by atoms with Crippen molar-refractivity contribution in [2.75, 3.05) is 11.9 Å². The van der Waals surface area contributed by atoms with E-state index < -0.39 is 0 Å². The summed E-state index contributed by atoms with van der Waals surface area (Å²) in [6.07, 6.45) is 1.77. The fourth-order valence-corrected chi connectivity index (χ4v) is 2.21. The van der Waals surface area contributed by atoms with E-state index in [0.717, 1.165) is 21.8 Å². The number of hydrogen-bond donors (Lipinski definition) is 0. The third-order valence-electron chi connectivity index (χ3n) is 2.92. The van der Waals surface area contributed by atoms with Crippen molar-refractivity contribution in [3.05, 3.63) is 52.3 Å². The van der Waals surface area contributed by atoms with Crippen molar-refractivity contribution in [1.29, 1.82) is 0 Å². The first-order valence-corrected chi connectivity index (χ1v) is 6.86. The molecule has 0 aliphatic carbocycles. The number of hydrogen-bond acceptors (Lipinski definition) is 3. The molecule has 2 aromatic rings. The van der Waals surface area contributed by atoms with Crippen molar-refractivity contribution in [3.8, 4) is 0 Å². The molecular weight excluding hydrogens is 281 g/mol. The molecule has 0 radical (unpaired) electrons. The Kier molecular flexibility index (Phi) is 4.61. The molecule has 0 amide bonds. The molecule has 1 aromatic heterocycles. The average Bonchev–Trinajstić information content (AvgIpc) is 2.41. The van der Waals surface area contributed by atoms with Gasteiger partial charge in [0.05, 0.1) is 5.88 Å². The molecule has 0 aliphatic heterocycles. The van der Waals surface area contributed by atoms with Crippen LogP contribution in [-0.2, 0) is 12.4 Å². The number of anilines is 1. The van der Waals surface area contributed by atoms with E-state index in [2.05, 4.69) is 9.97 Å². The van der Waals surface area contributed by atoms with E-state index in [1.54, 1.807) is 6.20 Å². The van der Waals surface area contributed by atoms with E-state index in [-0.39, 0.29) is 0 Å². The molecule has 0 fully saturated rings. The standard InChI is InChI=1S/C14H15Cl2N3/c1-10-12(7-15)8-17-14(18-10)19(2)9-11-5-3-4-6-13(11)16/h3-6,8H,7,9H2,1-2H3. The van der Waals surface area contributed by atoms with Gasteiger partial charge in [0.25, 0.3) is 0 Å². The monoisotopic (exact) mass is 295 g/mol. The van der Waals surface area contributed by atoms with Gasteiger partial charge in [-0.1, -0.05) is 29.8 Å². The number of aryl methyl sites for hydroxylation is 1. The molecule has 0 bridgehead atoms. The van der Waals surface area contributed by atoms with E-state index >= 15 is 0 Å². The summed E-state index contributed by atoms with van der Waals surface area (Å²) >= 11 is 12.0. The minimum atomic E-state index is 0.431. The van der Waals surface area contributed by atoms with Gasteiger partial charge in [0.1, 0.15) is 0 Å². The molecule has 0 atom stereocenters. The highest BCUT2D eigenvalue weighted by molar-refractivity contribution is 6.31. The summed E-state index contributed by atoms with van der Waals surface area (Å²) in [6.45, 7) is 2.60. The summed E-state index contributed by atoms with van der Waals surface area (Å²) in [4.78, 5) is 10.7. The number of rotatable bonds is 4. The lowest BCUT2D eigenvalue weighted by molar-refractivity contribution is 0.854. The Bertz CT molecular complexity index is 572. The lowest BCUT2D eigenvalue weighted by Crippen LogP contribution is -2.20. The summed E-state index contributed by atoms with van der Waals surface area (Å²) in [5, 5.41) is 0.753. The third-order valence-corrected chi connectivity index (χ3v) is 3.58. The predicted molar refractivity (Wildman–Crippen MR) is 79.9 cm³/mol. The van der Waals surface area contributed by atoms with Crippen LogP contribution in [0.15, 0.2) is 30.5 Å². The molecule has 0 saturated carbocycles. The van der Waals surface area contributed by atoms with Crippen LogP contribution in [0, 0.1) is 6.92 Å². The zero-order valence-electron chi connectivity index (χ0n) is 10.9. The quantitative estimate of drug-likeness (QED) is 0.803. The van der Waals surface area contributed by atoms with Gasteiger partial charge in [0.15, 0.2) is 0 Å². The molecular formula is C14H15Cl2N3. The lowest BCUT2D eigenvalue weighted by atomic mass is 10.2. The number of halogens is 2. The second-order valence-electron chi connectivity index (χ2n) is 4.36. The third kappa shape index (κ3) is 3.37. The molecule has 2 rings (SSSR count). The minimum absolute atomic E-state index is 0.431. The zero-order chi connectivity index (χ0) is 13.8. The molecule has 0 N–H and O–H groups in total. The molecule has 1 heterocycles. The Balaban J connectivity index is 2.18. The highest BCUT2D eigenvalue weighted by Crippen LogP contribution is 2.19. The van der Waals surface area contributed by atoms with E-state index in [9.17, 15) is 0 Å². The first-order valence-electron chi connectivity index (χ1n) is 5.95. The smallest absolute Gasteiger partial charge is 0.225 e. The predicted octanol–water partition coefficient (Wildman–Crippen LogP) is 3.81. The Morgan fingerprint density at radius 2 is 1.95 bits per heavy atom. The largest absolute Gasteiger partial charge is 0.339 e. The normalized spacial score (nSPS) is 10.5. The molecule has 0 aliphatic rings. The lowest BCUT2D eigenvalue weighted by Gasteiger charge is -2.18. The highest BCUT2D eigenvalue weighted by atomic mass is 35.5. The van der Waals surface area contributed by atoms with Crippen LogP contribution in [0.1, 0.15) is 16.8 Å². The summed E-state index contributed by atoms with van der Waals surface area (Å²) in [5.74, 6) is 1.10. The fraction of sp³-hybridized carbons (Fsp3) is 0.286. The molecule has 0 unspecified atom stereocenters. The Morgan fingerprint density at radius 3 is 2.58 bits per heavy atom. The number of aromatic nitrogens is 2. The number of benzene rings is 1. The molecule has 1 aromatic carbocycles. The molecule has 19 heavy (non-hydrogen) atoms. The fourth-order valence-electron chi connectivity index (χ4n) is 1.75. The SMILES string of the molecule is Cc1nc(N(C)Cc2ccccc2Cl)ncc1CCl. The molecule has 3 nitrogen and oxygen atoms in total. The summed E-state index contributed by atoms with van der Waals surface area (Å²) in [5.41, 5.74) is 2.91. The topological polar surface area (TPSA) is 29.0 Å². The van der Waals surface area contributed by atoms with E-state index in [1.165, 1.54) is 0 Å². The van der Waals surface area contributed by atoms with Crippen molar-refractivity contribution in [1.82, 2.24) is 9.97 Å². The summed E-state index contributed by atoms with van der Waals surface area (Å²) < 4.78 is 0. The molecule has 0 saturated heterocycles. The van der Waals surface area contributed by atoms with Crippen LogP contribution in [0.3, 0.4) is 0 Å². The van der Waals surface area contributed by atoms with Gasteiger partial charge >= 0.3 is 0 Å². The Labute approximate surface area is 123 Å². The Morgan fingerprint density at radius 1 is 1.21 bits per heavy atom. The first kappa shape index (κ1) is 14.1. The van der Waals surface area contributed by atoms with Gasteiger partial charge in [-0.25, -0.2) is 9.97 Å².